The highest BCUT2D eigenvalue weighted by molar-refractivity contribution is 5.73. The van der Waals surface area contributed by atoms with Crippen LogP contribution >= 0.6 is 0 Å². The van der Waals surface area contributed by atoms with Crippen LogP contribution < -0.4 is 10.1 Å². The van der Waals surface area contributed by atoms with Gasteiger partial charge in [0.1, 0.15) is 0 Å². The van der Waals surface area contributed by atoms with Gasteiger partial charge in [0.2, 0.25) is 0 Å². The molecular formula is C18H21FN2O2. The van der Waals surface area contributed by atoms with Crippen LogP contribution in [-0.4, -0.2) is 25.1 Å². The van der Waals surface area contributed by atoms with E-state index in [0.717, 1.165) is 11.1 Å². The highest BCUT2D eigenvalue weighted by Crippen LogP contribution is 2.18. The third-order valence-electron chi connectivity index (χ3n) is 3.51. The molecule has 2 amide bonds. The lowest BCUT2D eigenvalue weighted by atomic mass is 10.1. The summed E-state index contributed by atoms with van der Waals surface area (Å²) in [6.07, 6.45) is 0. The molecule has 0 aromatic heterocycles. The van der Waals surface area contributed by atoms with Crippen LogP contribution in [0.4, 0.5) is 9.18 Å². The van der Waals surface area contributed by atoms with Crippen LogP contribution in [0.15, 0.2) is 42.5 Å². The van der Waals surface area contributed by atoms with E-state index in [-0.39, 0.29) is 11.8 Å². The van der Waals surface area contributed by atoms with Crippen molar-refractivity contribution >= 4 is 6.03 Å². The number of urea groups is 1. The fourth-order valence-corrected chi connectivity index (χ4v) is 2.29. The van der Waals surface area contributed by atoms with Gasteiger partial charge in [0.25, 0.3) is 0 Å². The quantitative estimate of drug-likeness (QED) is 0.917. The van der Waals surface area contributed by atoms with Gasteiger partial charge in [-0.1, -0.05) is 35.9 Å². The van der Waals surface area contributed by atoms with E-state index in [0.29, 0.717) is 18.7 Å². The fourth-order valence-electron chi connectivity index (χ4n) is 2.29. The van der Waals surface area contributed by atoms with Crippen molar-refractivity contribution in [2.45, 2.75) is 20.0 Å². The summed E-state index contributed by atoms with van der Waals surface area (Å²) in [6, 6.07) is 12.4. The number of nitrogens with zero attached hydrogens (tertiary/aromatic N) is 1. The summed E-state index contributed by atoms with van der Waals surface area (Å²) in [4.78, 5) is 13.6. The lowest BCUT2D eigenvalue weighted by molar-refractivity contribution is 0.206. The molecule has 5 heteroatoms. The van der Waals surface area contributed by atoms with Crippen molar-refractivity contribution in [1.82, 2.24) is 10.2 Å². The molecule has 0 saturated heterocycles. The maximum absolute atomic E-state index is 13.7. The molecule has 1 N–H and O–H groups in total. The number of carbonyl (C=O) groups excluding carboxylic acids is 1. The number of hydrogen-bond acceptors (Lipinski definition) is 2. The van der Waals surface area contributed by atoms with Crippen molar-refractivity contribution in [2.75, 3.05) is 14.2 Å². The van der Waals surface area contributed by atoms with Crippen LogP contribution in [0, 0.1) is 12.7 Å². The molecule has 0 aliphatic heterocycles. The highest BCUT2D eigenvalue weighted by atomic mass is 19.1. The molecule has 122 valence electrons. The Morgan fingerprint density at radius 3 is 2.65 bits per heavy atom. The summed E-state index contributed by atoms with van der Waals surface area (Å²) in [6.45, 7) is 2.79. The van der Waals surface area contributed by atoms with Crippen LogP contribution in [0.3, 0.4) is 0 Å². The van der Waals surface area contributed by atoms with Gasteiger partial charge in [-0.2, -0.15) is 0 Å². The van der Waals surface area contributed by atoms with E-state index in [2.05, 4.69) is 5.32 Å². The molecule has 0 bridgehead atoms. The molecule has 0 radical (unpaired) electrons. The molecule has 0 atom stereocenters. The third kappa shape index (κ3) is 4.71. The van der Waals surface area contributed by atoms with E-state index >= 15 is 0 Å². The molecule has 0 saturated carbocycles. The average Bonchev–Trinajstić information content (AvgIpc) is 2.53. The van der Waals surface area contributed by atoms with E-state index in [9.17, 15) is 9.18 Å². The maximum Gasteiger partial charge on any atom is 0.317 e. The van der Waals surface area contributed by atoms with Crippen molar-refractivity contribution < 1.29 is 13.9 Å². The summed E-state index contributed by atoms with van der Waals surface area (Å²) in [5, 5.41) is 2.85. The molecule has 23 heavy (non-hydrogen) atoms. The molecule has 2 aromatic carbocycles. The standard InChI is InChI=1S/C18H21FN2O2/c1-13-5-4-6-14(9-13)11-20-18(22)21(2)12-15-7-8-17(23-3)16(19)10-15/h4-10H,11-12H2,1-3H3,(H,20,22). The second-order valence-electron chi connectivity index (χ2n) is 5.47. The van der Waals surface area contributed by atoms with Gasteiger partial charge in [-0.05, 0) is 30.2 Å². The first-order valence-corrected chi connectivity index (χ1v) is 7.36. The van der Waals surface area contributed by atoms with Gasteiger partial charge in [-0.15, -0.1) is 0 Å². The molecule has 2 aromatic rings. The smallest absolute Gasteiger partial charge is 0.317 e. The average molecular weight is 316 g/mol. The fraction of sp³-hybridized carbons (Fsp3) is 0.278. The van der Waals surface area contributed by atoms with Gasteiger partial charge in [-0.25, -0.2) is 9.18 Å². The predicted molar refractivity (Wildman–Crippen MR) is 87.8 cm³/mol. The van der Waals surface area contributed by atoms with Crippen molar-refractivity contribution in [2.24, 2.45) is 0 Å². The molecular weight excluding hydrogens is 295 g/mol. The number of ether oxygens (including phenoxy) is 1. The van der Waals surface area contributed by atoms with Crippen molar-refractivity contribution in [3.63, 3.8) is 0 Å². The Kier molecular flexibility index (Phi) is 5.57. The second kappa shape index (κ2) is 7.63. The second-order valence-corrected chi connectivity index (χ2v) is 5.47. The zero-order valence-corrected chi connectivity index (χ0v) is 13.6. The number of nitrogens with one attached hydrogen (secondary N) is 1. The first kappa shape index (κ1) is 16.8. The largest absolute Gasteiger partial charge is 0.494 e. The van der Waals surface area contributed by atoms with Crippen molar-refractivity contribution in [1.29, 1.82) is 0 Å². The van der Waals surface area contributed by atoms with Crippen molar-refractivity contribution in [3.05, 3.63) is 65.0 Å². The van der Waals surface area contributed by atoms with E-state index in [1.165, 1.54) is 18.1 Å². The molecule has 4 nitrogen and oxygen atoms in total. The zero-order chi connectivity index (χ0) is 16.8. The summed E-state index contributed by atoms with van der Waals surface area (Å²) in [5.41, 5.74) is 2.90. The van der Waals surface area contributed by atoms with Crippen LogP contribution in [0.5, 0.6) is 5.75 Å². The van der Waals surface area contributed by atoms with Crippen LogP contribution in [0.1, 0.15) is 16.7 Å². The van der Waals surface area contributed by atoms with Gasteiger partial charge in [0.15, 0.2) is 11.6 Å². The van der Waals surface area contributed by atoms with Gasteiger partial charge < -0.3 is 15.0 Å². The van der Waals surface area contributed by atoms with Gasteiger partial charge in [0.05, 0.1) is 7.11 Å². The van der Waals surface area contributed by atoms with Crippen LogP contribution in [0.2, 0.25) is 0 Å². The molecule has 2 rings (SSSR count). The zero-order valence-electron chi connectivity index (χ0n) is 13.6. The number of halogens is 1. The number of amides is 2. The van der Waals surface area contributed by atoms with Crippen LogP contribution in [-0.2, 0) is 13.1 Å². The van der Waals surface area contributed by atoms with E-state index in [1.54, 1.807) is 19.2 Å². The van der Waals surface area contributed by atoms with Crippen molar-refractivity contribution in [3.8, 4) is 5.75 Å². The first-order chi connectivity index (χ1) is 11.0. The SMILES string of the molecule is COc1ccc(CN(C)C(=O)NCc2cccc(C)c2)cc1F. The summed E-state index contributed by atoms with van der Waals surface area (Å²) < 4.78 is 18.5. The number of rotatable bonds is 5. The lowest BCUT2D eigenvalue weighted by Crippen LogP contribution is -2.36. The Bertz CT molecular complexity index is 688. The van der Waals surface area contributed by atoms with E-state index < -0.39 is 5.82 Å². The van der Waals surface area contributed by atoms with Crippen LogP contribution in [0.25, 0.3) is 0 Å². The Labute approximate surface area is 135 Å². The van der Waals surface area contributed by atoms with E-state index in [4.69, 9.17) is 4.74 Å². The number of benzene rings is 2. The Hall–Kier alpha value is -2.56. The minimum atomic E-state index is -0.432. The van der Waals surface area contributed by atoms with E-state index in [1.807, 2.05) is 31.2 Å². The number of aryl methyl sites for hydroxylation is 1. The molecule has 0 aliphatic rings. The maximum atomic E-state index is 13.7. The molecule has 0 spiro atoms. The summed E-state index contributed by atoms with van der Waals surface area (Å²) >= 11 is 0. The number of hydrogen-bond donors (Lipinski definition) is 1. The third-order valence-corrected chi connectivity index (χ3v) is 3.51. The normalized spacial score (nSPS) is 10.3. The first-order valence-electron chi connectivity index (χ1n) is 7.36. The summed E-state index contributed by atoms with van der Waals surface area (Å²) in [5.74, 6) is -0.237. The monoisotopic (exact) mass is 316 g/mol. The minimum absolute atomic E-state index is 0.195. The van der Waals surface area contributed by atoms with Gasteiger partial charge in [-0.3, -0.25) is 0 Å². The highest BCUT2D eigenvalue weighted by Gasteiger charge is 2.10. The molecule has 0 fully saturated rings. The number of carbonyl (C=O) groups is 1. The lowest BCUT2D eigenvalue weighted by Gasteiger charge is -2.18. The molecule has 0 heterocycles. The minimum Gasteiger partial charge on any atom is -0.494 e. The topological polar surface area (TPSA) is 41.6 Å². The molecule has 0 aliphatic carbocycles. The summed E-state index contributed by atoms with van der Waals surface area (Å²) in [7, 11) is 3.09. The van der Waals surface area contributed by atoms with Gasteiger partial charge in [0, 0.05) is 20.1 Å². The Balaban J connectivity index is 1.91. The Morgan fingerprint density at radius 2 is 2.00 bits per heavy atom. The molecule has 0 unspecified atom stereocenters. The van der Waals surface area contributed by atoms with Gasteiger partial charge >= 0.3 is 6.03 Å². The Morgan fingerprint density at radius 1 is 1.22 bits per heavy atom. The number of methoxy groups -OCH3 is 1. The predicted octanol–water partition coefficient (Wildman–Crippen LogP) is 3.48.